The number of anilines is 1. The summed E-state index contributed by atoms with van der Waals surface area (Å²) < 4.78 is 30.1. The average Bonchev–Trinajstić information content (AvgIpc) is 2.97. The highest BCUT2D eigenvalue weighted by atomic mass is 32.2. The Balaban J connectivity index is 2.07. The van der Waals surface area contributed by atoms with Crippen LogP contribution in [0, 0.1) is 6.92 Å². The number of rotatable bonds is 7. The number of hydrogen-bond acceptors (Lipinski definition) is 7. The molecule has 0 unspecified atom stereocenters. The number of thioether (sulfide) groups is 1. The maximum Gasteiger partial charge on any atom is 0.244 e. The van der Waals surface area contributed by atoms with Gasteiger partial charge in [0.15, 0.2) is 5.82 Å². The summed E-state index contributed by atoms with van der Waals surface area (Å²) in [6, 6.07) is 4.71. The van der Waals surface area contributed by atoms with Crippen molar-refractivity contribution in [3.63, 3.8) is 0 Å². The summed E-state index contributed by atoms with van der Waals surface area (Å²) in [4.78, 5) is 16.6. The van der Waals surface area contributed by atoms with E-state index < -0.39 is 10.0 Å². The van der Waals surface area contributed by atoms with Crippen LogP contribution in [0.1, 0.15) is 19.1 Å². The normalized spacial score (nSPS) is 13.0. The van der Waals surface area contributed by atoms with E-state index >= 15 is 0 Å². The van der Waals surface area contributed by atoms with E-state index in [-0.39, 0.29) is 16.1 Å². The van der Waals surface area contributed by atoms with Crippen molar-refractivity contribution in [3.05, 3.63) is 30.2 Å². The standard InChI is InChI=1S/C15H20N4O4S2/c1-5-12(15(20)17-13-8-10(2)23-18-13)24-14-7-6-11(9-16-14)25(21,22)19(3)4/h6-9,12H,5H2,1-4H3,(H,17,18,20)/t12-/m1/s1. The van der Waals surface area contributed by atoms with E-state index in [9.17, 15) is 13.2 Å². The summed E-state index contributed by atoms with van der Waals surface area (Å²) in [6.07, 6.45) is 1.87. The number of aryl methyl sites for hydroxylation is 1. The molecule has 0 fully saturated rings. The lowest BCUT2D eigenvalue weighted by molar-refractivity contribution is -0.115. The highest BCUT2D eigenvalue weighted by Crippen LogP contribution is 2.26. The van der Waals surface area contributed by atoms with Crippen molar-refractivity contribution in [1.29, 1.82) is 0 Å². The fourth-order valence-electron chi connectivity index (χ4n) is 1.90. The lowest BCUT2D eigenvalue weighted by atomic mass is 10.3. The van der Waals surface area contributed by atoms with Gasteiger partial charge in [-0.3, -0.25) is 4.79 Å². The van der Waals surface area contributed by atoms with Gasteiger partial charge in [-0.05, 0) is 25.5 Å². The number of hydrogen-bond donors (Lipinski definition) is 1. The van der Waals surface area contributed by atoms with Crippen LogP contribution in [0.2, 0.25) is 0 Å². The molecular weight excluding hydrogens is 364 g/mol. The Kier molecular flexibility index (Phi) is 6.20. The molecule has 0 aliphatic rings. The molecule has 1 amide bonds. The zero-order chi connectivity index (χ0) is 18.6. The van der Waals surface area contributed by atoms with Gasteiger partial charge in [-0.2, -0.15) is 0 Å². The Morgan fingerprint density at radius 2 is 2.12 bits per heavy atom. The van der Waals surface area contributed by atoms with Gasteiger partial charge in [0.05, 0.1) is 10.3 Å². The lowest BCUT2D eigenvalue weighted by Gasteiger charge is -2.14. The highest BCUT2D eigenvalue weighted by Gasteiger charge is 2.21. The van der Waals surface area contributed by atoms with Crippen LogP contribution in [0.4, 0.5) is 5.82 Å². The molecule has 1 atom stereocenters. The van der Waals surface area contributed by atoms with Gasteiger partial charge in [0.2, 0.25) is 15.9 Å². The van der Waals surface area contributed by atoms with Gasteiger partial charge >= 0.3 is 0 Å². The average molecular weight is 384 g/mol. The number of nitrogens with zero attached hydrogens (tertiary/aromatic N) is 3. The second kappa shape index (κ2) is 7.98. The SMILES string of the molecule is CC[C@@H](Sc1ccc(S(=O)(=O)N(C)C)cn1)C(=O)Nc1cc(C)on1. The van der Waals surface area contributed by atoms with Crippen molar-refractivity contribution in [1.82, 2.24) is 14.4 Å². The number of sulfonamides is 1. The Hall–Kier alpha value is -1.91. The van der Waals surface area contributed by atoms with E-state index in [1.165, 1.54) is 38.1 Å². The Morgan fingerprint density at radius 3 is 2.60 bits per heavy atom. The van der Waals surface area contributed by atoms with Gasteiger partial charge in [-0.1, -0.05) is 23.8 Å². The Morgan fingerprint density at radius 1 is 1.40 bits per heavy atom. The van der Waals surface area contributed by atoms with Crippen molar-refractivity contribution in [2.45, 2.75) is 35.4 Å². The second-order valence-corrected chi connectivity index (χ2v) is 8.82. The predicted molar refractivity (Wildman–Crippen MR) is 94.9 cm³/mol. The summed E-state index contributed by atoms with van der Waals surface area (Å²) >= 11 is 1.26. The third kappa shape index (κ3) is 4.80. The first-order valence-electron chi connectivity index (χ1n) is 7.53. The van der Waals surface area contributed by atoms with Crippen molar-refractivity contribution < 1.29 is 17.7 Å². The largest absolute Gasteiger partial charge is 0.360 e. The molecule has 0 saturated heterocycles. The van der Waals surface area contributed by atoms with E-state index in [1.54, 1.807) is 19.1 Å². The number of amides is 1. The molecule has 2 aromatic heterocycles. The molecule has 10 heteroatoms. The van der Waals surface area contributed by atoms with Crippen LogP contribution >= 0.6 is 11.8 Å². The summed E-state index contributed by atoms with van der Waals surface area (Å²) in [6.45, 7) is 3.62. The van der Waals surface area contributed by atoms with Gasteiger partial charge in [0.1, 0.15) is 10.7 Å². The van der Waals surface area contributed by atoms with Gasteiger partial charge in [-0.15, -0.1) is 0 Å². The molecule has 0 saturated carbocycles. The quantitative estimate of drug-likeness (QED) is 0.729. The van der Waals surface area contributed by atoms with Crippen LogP contribution in [0.5, 0.6) is 0 Å². The van der Waals surface area contributed by atoms with E-state index in [4.69, 9.17) is 4.52 Å². The van der Waals surface area contributed by atoms with Gasteiger partial charge in [-0.25, -0.2) is 17.7 Å². The number of aromatic nitrogens is 2. The molecule has 0 spiro atoms. The number of nitrogens with one attached hydrogen (secondary N) is 1. The zero-order valence-corrected chi connectivity index (χ0v) is 16.0. The molecule has 0 bridgehead atoms. The summed E-state index contributed by atoms with van der Waals surface area (Å²) in [5.41, 5.74) is 0. The highest BCUT2D eigenvalue weighted by molar-refractivity contribution is 8.00. The van der Waals surface area contributed by atoms with Crippen LogP contribution in [-0.2, 0) is 14.8 Å². The summed E-state index contributed by atoms with van der Waals surface area (Å²) in [7, 11) is -0.600. The molecule has 0 aliphatic heterocycles. The smallest absolute Gasteiger partial charge is 0.244 e. The Bertz CT molecular complexity index is 831. The molecule has 2 heterocycles. The first-order chi connectivity index (χ1) is 11.7. The van der Waals surface area contributed by atoms with E-state index in [2.05, 4.69) is 15.5 Å². The van der Waals surface area contributed by atoms with E-state index in [0.29, 0.717) is 23.0 Å². The number of pyridine rings is 1. The zero-order valence-electron chi connectivity index (χ0n) is 14.4. The van der Waals surface area contributed by atoms with Crippen molar-refractivity contribution in [2.75, 3.05) is 19.4 Å². The fraction of sp³-hybridized carbons (Fsp3) is 0.400. The van der Waals surface area contributed by atoms with Crippen LogP contribution in [-0.4, -0.2) is 48.1 Å². The minimum atomic E-state index is -3.52. The molecule has 8 nitrogen and oxygen atoms in total. The van der Waals surface area contributed by atoms with Crippen LogP contribution in [0.15, 0.2) is 38.8 Å². The summed E-state index contributed by atoms with van der Waals surface area (Å²) in [5, 5.41) is 6.60. The summed E-state index contributed by atoms with van der Waals surface area (Å²) in [5.74, 6) is 0.755. The second-order valence-electron chi connectivity index (χ2n) is 5.45. The van der Waals surface area contributed by atoms with Crippen molar-refractivity contribution in [3.8, 4) is 0 Å². The minimum Gasteiger partial charge on any atom is -0.360 e. The molecule has 0 aromatic carbocycles. The third-order valence-corrected chi connectivity index (χ3v) is 6.41. The monoisotopic (exact) mass is 384 g/mol. The predicted octanol–water partition coefficient (Wildman–Crippen LogP) is 2.14. The van der Waals surface area contributed by atoms with Crippen molar-refractivity contribution in [2.24, 2.45) is 0 Å². The first-order valence-corrected chi connectivity index (χ1v) is 9.85. The number of carbonyl (C=O) groups is 1. The molecule has 136 valence electrons. The minimum absolute atomic E-state index is 0.109. The van der Waals surface area contributed by atoms with Gasteiger partial charge < -0.3 is 9.84 Å². The maximum absolute atomic E-state index is 12.3. The topological polar surface area (TPSA) is 105 Å². The molecule has 2 aromatic rings. The van der Waals surface area contributed by atoms with Crippen LogP contribution < -0.4 is 5.32 Å². The molecule has 1 N–H and O–H groups in total. The fourth-order valence-corrected chi connectivity index (χ4v) is 3.63. The van der Waals surface area contributed by atoms with Gasteiger partial charge in [0.25, 0.3) is 0 Å². The lowest BCUT2D eigenvalue weighted by Crippen LogP contribution is -2.25. The van der Waals surface area contributed by atoms with Crippen molar-refractivity contribution >= 4 is 33.5 Å². The molecule has 0 aliphatic carbocycles. The van der Waals surface area contributed by atoms with Crippen LogP contribution in [0.25, 0.3) is 0 Å². The molecule has 25 heavy (non-hydrogen) atoms. The maximum atomic E-state index is 12.3. The van der Waals surface area contributed by atoms with E-state index in [1.807, 2.05) is 6.92 Å². The van der Waals surface area contributed by atoms with Gasteiger partial charge in [0, 0.05) is 26.4 Å². The Labute approximate surface area is 151 Å². The first kappa shape index (κ1) is 19.4. The molecular formula is C15H20N4O4S2. The molecule has 0 radical (unpaired) electrons. The molecule has 2 rings (SSSR count). The van der Waals surface area contributed by atoms with Crippen LogP contribution in [0.3, 0.4) is 0 Å². The van der Waals surface area contributed by atoms with E-state index in [0.717, 1.165) is 4.31 Å². The third-order valence-electron chi connectivity index (χ3n) is 3.29. The number of carbonyl (C=O) groups excluding carboxylic acids is 1.